The molecule has 0 amide bonds. The van der Waals surface area contributed by atoms with Crippen LogP contribution in [0.15, 0.2) is 18.2 Å². The zero-order chi connectivity index (χ0) is 14.0. The Labute approximate surface area is 116 Å². The van der Waals surface area contributed by atoms with Crippen molar-refractivity contribution in [2.45, 2.75) is 47.2 Å². The topological polar surface area (TPSA) is 17.0 Å². The summed E-state index contributed by atoms with van der Waals surface area (Å²) >= 11 is 0. The second-order valence-corrected chi connectivity index (χ2v) is 5.93. The molecule has 1 aromatic heterocycles. The highest BCUT2D eigenvalue weighted by molar-refractivity contribution is 5.86. The van der Waals surface area contributed by atoms with Gasteiger partial charge in [0.2, 0.25) is 0 Å². The van der Waals surface area contributed by atoms with Crippen molar-refractivity contribution in [3.05, 3.63) is 35.0 Å². The first kappa shape index (κ1) is 14.1. The van der Waals surface area contributed by atoms with E-state index in [9.17, 15) is 0 Å². The summed E-state index contributed by atoms with van der Waals surface area (Å²) in [5.41, 5.74) is 5.59. The predicted molar refractivity (Wildman–Crippen MR) is 83.6 cm³/mol. The van der Waals surface area contributed by atoms with Crippen LogP contribution in [0.2, 0.25) is 0 Å². The third-order valence-electron chi connectivity index (χ3n) is 4.01. The van der Waals surface area contributed by atoms with Crippen LogP contribution in [0.5, 0.6) is 0 Å². The average molecular weight is 258 g/mol. The molecule has 0 aliphatic heterocycles. The van der Waals surface area contributed by atoms with Crippen LogP contribution in [0.3, 0.4) is 0 Å². The monoisotopic (exact) mass is 258 g/mol. The molecule has 0 atom stereocenters. The lowest BCUT2D eigenvalue weighted by molar-refractivity contribution is 0.519. The van der Waals surface area contributed by atoms with Crippen LogP contribution in [0, 0.1) is 19.8 Å². The van der Waals surface area contributed by atoms with Crippen LogP contribution in [-0.2, 0) is 13.1 Å². The molecule has 0 radical (unpaired) electrons. The van der Waals surface area contributed by atoms with E-state index < -0.39 is 0 Å². The maximum atomic E-state index is 3.22. The summed E-state index contributed by atoms with van der Waals surface area (Å²) < 4.78 is 2.48. The molecule has 1 heterocycles. The molecule has 2 heteroatoms. The van der Waals surface area contributed by atoms with Crippen LogP contribution in [0.1, 0.15) is 37.1 Å². The molecule has 0 spiro atoms. The first-order valence-electron chi connectivity index (χ1n) is 7.27. The van der Waals surface area contributed by atoms with Crippen LogP contribution >= 0.6 is 0 Å². The fraction of sp³-hybridized carbons (Fsp3) is 0.529. The molecule has 2 rings (SSSR count). The molecule has 104 valence electrons. The van der Waals surface area contributed by atoms with Gasteiger partial charge < -0.3 is 9.88 Å². The van der Waals surface area contributed by atoms with Crippen molar-refractivity contribution >= 4 is 10.9 Å². The number of fused-ring (bicyclic) bond motifs is 1. The second kappa shape index (κ2) is 5.79. The minimum Gasteiger partial charge on any atom is -0.345 e. The molecule has 0 saturated heterocycles. The Morgan fingerprint density at radius 1 is 1.21 bits per heavy atom. The van der Waals surface area contributed by atoms with Gasteiger partial charge in [0, 0.05) is 29.7 Å². The van der Waals surface area contributed by atoms with Crippen molar-refractivity contribution in [2.75, 3.05) is 7.05 Å². The first-order chi connectivity index (χ1) is 9.04. The molecule has 2 aromatic rings. The summed E-state index contributed by atoms with van der Waals surface area (Å²) in [4.78, 5) is 0. The fourth-order valence-corrected chi connectivity index (χ4v) is 2.69. The summed E-state index contributed by atoms with van der Waals surface area (Å²) in [5, 5.41) is 4.63. The Balaban J connectivity index is 2.44. The minimum absolute atomic E-state index is 0.751. The highest BCUT2D eigenvalue weighted by atomic mass is 15.0. The van der Waals surface area contributed by atoms with Crippen molar-refractivity contribution < 1.29 is 0 Å². The van der Waals surface area contributed by atoms with E-state index in [-0.39, 0.29) is 0 Å². The van der Waals surface area contributed by atoms with Gasteiger partial charge in [-0.2, -0.15) is 0 Å². The maximum absolute atomic E-state index is 3.22. The Morgan fingerprint density at radius 2 is 1.95 bits per heavy atom. The van der Waals surface area contributed by atoms with Crippen molar-refractivity contribution in [1.29, 1.82) is 0 Å². The number of hydrogen-bond acceptors (Lipinski definition) is 1. The van der Waals surface area contributed by atoms with Gasteiger partial charge in [-0.05, 0) is 56.5 Å². The zero-order valence-electron chi connectivity index (χ0n) is 12.9. The van der Waals surface area contributed by atoms with E-state index in [0.717, 1.165) is 19.0 Å². The highest BCUT2D eigenvalue weighted by Gasteiger charge is 2.11. The average Bonchev–Trinajstić information content (AvgIpc) is 2.61. The molecule has 0 bridgehead atoms. The Kier molecular flexibility index (Phi) is 4.31. The SMILES string of the molecule is CNCc1ccc2c(c1)c(C)c(C)n2CCC(C)C. The van der Waals surface area contributed by atoms with Crippen LogP contribution < -0.4 is 5.32 Å². The predicted octanol–water partition coefficient (Wildman–Crippen LogP) is 4.02. The molecule has 0 aliphatic rings. The van der Waals surface area contributed by atoms with E-state index in [1.165, 1.54) is 34.1 Å². The molecule has 0 unspecified atom stereocenters. The van der Waals surface area contributed by atoms with Gasteiger partial charge in [0.15, 0.2) is 0 Å². The van der Waals surface area contributed by atoms with Crippen molar-refractivity contribution in [2.24, 2.45) is 5.92 Å². The largest absolute Gasteiger partial charge is 0.345 e. The van der Waals surface area contributed by atoms with Gasteiger partial charge in [0.25, 0.3) is 0 Å². The summed E-state index contributed by atoms with van der Waals surface area (Å²) in [6, 6.07) is 6.85. The van der Waals surface area contributed by atoms with Gasteiger partial charge in [-0.1, -0.05) is 19.9 Å². The number of rotatable bonds is 5. The molecule has 1 N–H and O–H groups in total. The quantitative estimate of drug-likeness (QED) is 0.857. The zero-order valence-corrected chi connectivity index (χ0v) is 12.9. The van der Waals surface area contributed by atoms with Gasteiger partial charge in [-0.3, -0.25) is 0 Å². The third kappa shape index (κ3) is 2.84. The molecule has 19 heavy (non-hydrogen) atoms. The molecule has 2 nitrogen and oxygen atoms in total. The van der Waals surface area contributed by atoms with Crippen LogP contribution in [0.25, 0.3) is 10.9 Å². The lowest BCUT2D eigenvalue weighted by Crippen LogP contribution is -2.05. The van der Waals surface area contributed by atoms with E-state index in [1.807, 2.05) is 7.05 Å². The van der Waals surface area contributed by atoms with Crippen molar-refractivity contribution in [3.8, 4) is 0 Å². The van der Waals surface area contributed by atoms with Crippen LogP contribution in [-0.4, -0.2) is 11.6 Å². The lowest BCUT2D eigenvalue weighted by Gasteiger charge is -2.10. The normalized spacial score (nSPS) is 11.7. The highest BCUT2D eigenvalue weighted by Crippen LogP contribution is 2.27. The Hall–Kier alpha value is -1.28. The lowest BCUT2D eigenvalue weighted by atomic mass is 10.1. The van der Waals surface area contributed by atoms with Crippen molar-refractivity contribution in [3.63, 3.8) is 0 Å². The van der Waals surface area contributed by atoms with E-state index in [0.29, 0.717) is 0 Å². The smallest absolute Gasteiger partial charge is 0.0485 e. The first-order valence-corrected chi connectivity index (χ1v) is 7.27. The second-order valence-electron chi connectivity index (χ2n) is 5.93. The number of nitrogens with one attached hydrogen (secondary N) is 1. The number of hydrogen-bond donors (Lipinski definition) is 1. The van der Waals surface area contributed by atoms with Gasteiger partial charge in [-0.25, -0.2) is 0 Å². The van der Waals surface area contributed by atoms with Gasteiger partial charge in [0.1, 0.15) is 0 Å². The summed E-state index contributed by atoms with van der Waals surface area (Å²) in [5.74, 6) is 0.751. The molecule has 1 aromatic carbocycles. The fourth-order valence-electron chi connectivity index (χ4n) is 2.69. The van der Waals surface area contributed by atoms with Crippen LogP contribution in [0.4, 0.5) is 0 Å². The molecule has 0 fully saturated rings. The van der Waals surface area contributed by atoms with Crippen molar-refractivity contribution in [1.82, 2.24) is 9.88 Å². The van der Waals surface area contributed by atoms with Gasteiger partial charge in [-0.15, -0.1) is 0 Å². The number of aryl methyl sites for hydroxylation is 2. The number of nitrogens with zero attached hydrogens (tertiary/aromatic N) is 1. The summed E-state index contributed by atoms with van der Waals surface area (Å²) in [7, 11) is 2.00. The molecule has 0 saturated carbocycles. The van der Waals surface area contributed by atoms with Gasteiger partial charge in [0.05, 0.1) is 0 Å². The van der Waals surface area contributed by atoms with E-state index in [4.69, 9.17) is 0 Å². The Bertz CT molecular complexity index is 564. The maximum Gasteiger partial charge on any atom is 0.0485 e. The molecule has 0 aliphatic carbocycles. The Morgan fingerprint density at radius 3 is 2.58 bits per heavy atom. The number of benzene rings is 1. The number of aromatic nitrogens is 1. The van der Waals surface area contributed by atoms with E-state index in [1.54, 1.807) is 0 Å². The summed E-state index contributed by atoms with van der Waals surface area (Å²) in [6.45, 7) is 11.1. The molecular weight excluding hydrogens is 232 g/mol. The summed E-state index contributed by atoms with van der Waals surface area (Å²) in [6.07, 6.45) is 1.24. The third-order valence-corrected chi connectivity index (χ3v) is 4.01. The molecular formula is C17H26N2. The standard InChI is InChI=1S/C17H26N2/c1-12(2)8-9-19-14(4)13(3)16-10-15(11-18-5)6-7-17(16)19/h6-7,10,12,18H,8-9,11H2,1-5H3. The van der Waals surface area contributed by atoms with E-state index in [2.05, 4.69) is 55.8 Å². The van der Waals surface area contributed by atoms with Gasteiger partial charge >= 0.3 is 0 Å². The van der Waals surface area contributed by atoms with E-state index >= 15 is 0 Å². The minimum atomic E-state index is 0.751.